The van der Waals surface area contributed by atoms with E-state index in [1.54, 1.807) is 0 Å². The third-order valence-electron chi connectivity index (χ3n) is 17.9. The second-order valence-electron chi connectivity index (χ2n) is 24.0. The third kappa shape index (κ3) is 11.5. The second-order valence-corrected chi connectivity index (χ2v) is 24.0. The van der Waals surface area contributed by atoms with E-state index in [1.807, 2.05) is 37.4 Å². The molecule has 0 radical (unpaired) electrons. The van der Waals surface area contributed by atoms with Crippen LogP contribution in [0.2, 0.25) is 0 Å². The second kappa shape index (κ2) is 25.0. The first kappa shape index (κ1) is 56.0. The van der Waals surface area contributed by atoms with Gasteiger partial charge in [-0.2, -0.15) is 0 Å². The summed E-state index contributed by atoms with van der Waals surface area (Å²) < 4.78 is 17.9. The molecule has 0 atom stereocenters. The van der Waals surface area contributed by atoms with E-state index in [9.17, 15) is 0 Å². The number of aromatic amines is 2. The maximum absolute atomic E-state index is 6.78. The number of nitrogens with zero attached hydrogens (tertiary/aromatic N) is 8. The van der Waals surface area contributed by atoms with Crippen LogP contribution in [0.1, 0.15) is 74.1 Å². The number of pyridine rings is 2. The Morgan fingerprint density at radius 1 is 0.359 bits per heavy atom. The summed E-state index contributed by atoms with van der Waals surface area (Å²) in [6, 6.07) is 64.9. The molecular weight excluding hydrogens is 1130 g/mol. The Balaban J connectivity index is 0.891. The van der Waals surface area contributed by atoms with Crippen molar-refractivity contribution in [2.75, 3.05) is 13.2 Å². The van der Waals surface area contributed by atoms with Crippen LogP contribution in [0.25, 0.3) is 146 Å². The highest BCUT2D eigenvalue weighted by atomic mass is 16.5. The minimum Gasteiger partial charge on any atom is -0.493 e. The van der Waals surface area contributed by atoms with E-state index in [-0.39, 0.29) is 0 Å². The number of aryl methyl sites for hydroxylation is 2. The highest BCUT2D eigenvalue weighted by Gasteiger charge is 2.22. The van der Waals surface area contributed by atoms with Gasteiger partial charge >= 0.3 is 0 Å². The van der Waals surface area contributed by atoms with Gasteiger partial charge in [-0.25, -0.2) is 29.9 Å². The van der Waals surface area contributed by atoms with Crippen molar-refractivity contribution in [3.63, 3.8) is 0 Å². The number of hydrogen-bond acceptors (Lipinski definition) is 8. The fourth-order valence-corrected chi connectivity index (χ4v) is 13.2. The number of nitrogens with one attached hydrogen (secondary N) is 2. The van der Waals surface area contributed by atoms with Crippen LogP contribution in [0.4, 0.5) is 0 Å². The van der Waals surface area contributed by atoms with Crippen LogP contribution in [0.3, 0.4) is 0 Å². The molecule has 6 aliphatic rings. The van der Waals surface area contributed by atoms with E-state index in [2.05, 4.69) is 235 Å². The first-order valence-electron chi connectivity index (χ1n) is 32.1. The van der Waals surface area contributed by atoms with Crippen molar-refractivity contribution in [3.05, 3.63) is 242 Å². The van der Waals surface area contributed by atoms with Gasteiger partial charge in [-0.1, -0.05) is 147 Å². The predicted molar refractivity (Wildman–Crippen MR) is 373 cm³/mol. The van der Waals surface area contributed by atoms with Gasteiger partial charge in [-0.3, -0.25) is 0 Å². The maximum atomic E-state index is 6.78. The van der Waals surface area contributed by atoms with Crippen LogP contribution in [-0.4, -0.2) is 62.2 Å². The van der Waals surface area contributed by atoms with Crippen molar-refractivity contribution in [2.45, 2.75) is 64.5 Å². The third-order valence-corrected chi connectivity index (χ3v) is 17.9. The number of rotatable bonds is 17. The molecule has 0 spiro atoms. The lowest BCUT2D eigenvalue weighted by atomic mass is 9.92. The highest BCUT2D eigenvalue weighted by Crippen LogP contribution is 2.43. The van der Waals surface area contributed by atoms with E-state index in [0.717, 1.165) is 221 Å². The number of ether oxygens (including phenoxy) is 2. The van der Waals surface area contributed by atoms with Crippen molar-refractivity contribution < 1.29 is 9.47 Å². The monoisotopic (exact) mass is 1200 g/mol. The Kier molecular flexibility index (Phi) is 15.2. The van der Waals surface area contributed by atoms with E-state index < -0.39 is 0 Å². The van der Waals surface area contributed by atoms with E-state index in [4.69, 9.17) is 29.4 Å². The van der Waals surface area contributed by atoms with Crippen molar-refractivity contribution in [1.82, 2.24) is 49.0 Å². The number of unbranched alkanes of at least 4 members (excludes halogenated alkanes) is 6. The fraction of sp³-hybridized carbons (Fsp3) is 0.150. The molecule has 6 aliphatic heterocycles. The molecule has 2 N–H and O–H groups in total. The Hall–Kier alpha value is -11.2. The molecule has 7 aromatic heterocycles. The molecule has 19 rings (SSSR count). The average Bonchev–Trinajstić information content (AvgIpc) is 2.90. The summed E-state index contributed by atoms with van der Waals surface area (Å²) in [5.74, 6) is 1.49. The lowest BCUT2D eigenvalue weighted by molar-refractivity contribution is 0.289. The zero-order valence-electron chi connectivity index (χ0n) is 51.0. The Morgan fingerprint density at radius 3 is 1.38 bits per heavy atom. The SMILES string of the molecule is C1=Cc2nc1cc1ccc([nH]1)c1c3nc(c(-c4cc(OCCCCCCn5ccnc5)cc(OCCCCCCn5ccnc5)c4)c4ccc([nH]4)c2-c2ccccc2-c2ccc(cc2)-c2ccc4ccc5ccc(nc5c4n2)-c2ccc(cc2)-c2ccccc2-1)C=C3. The first-order chi connectivity index (χ1) is 45.5. The van der Waals surface area contributed by atoms with Crippen molar-refractivity contribution in [2.24, 2.45) is 0 Å². The number of aromatic nitrogens is 10. The molecule has 12 nitrogen and oxygen atoms in total. The highest BCUT2D eigenvalue weighted by molar-refractivity contribution is 6.05. The Labute approximate surface area is 533 Å². The Morgan fingerprint density at radius 2 is 0.826 bits per heavy atom. The summed E-state index contributed by atoms with van der Waals surface area (Å²) in [5, 5.41) is 2.08. The van der Waals surface area contributed by atoms with Gasteiger partial charge in [-0.15, -0.1) is 0 Å². The molecule has 448 valence electrons. The zero-order chi connectivity index (χ0) is 61.2. The van der Waals surface area contributed by atoms with Gasteiger partial charge in [0.15, 0.2) is 0 Å². The predicted octanol–water partition coefficient (Wildman–Crippen LogP) is 19.4. The maximum Gasteiger partial charge on any atom is 0.123 e. The lowest BCUT2D eigenvalue weighted by Gasteiger charge is -2.14. The average molecular weight is 1200 g/mol. The van der Waals surface area contributed by atoms with Gasteiger partial charge in [0, 0.05) is 105 Å². The minimum absolute atomic E-state index is 0.574. The summed E-state index contributed by atoms with van der Waals surface area (Å²) in [7, 11) is 0. The molecule has 13 heterocycles. The van der Waals surface area contributed by atoms with Crippen molar-refractivity contribution in [1.29, 1.82) is 0 Å². The van der Waals surface area contributed by atoms with Crippen LogP contribution in [0, 0.1) is 0 Å². The Bertz CT molecular complexity index is 4900. The van der Waals surface area contributed by atoms with Gasteiger partial charge < -0.3 is 28.6 Å². The summed E-state index contributed by atoms with van der Waals surface area (Å²) in [6.45, 7) is 3.06. The molecule has 6 aromatic carbocycles. The molecule has 0 unspecified atom stereocenters. The van der Waals surface area contributed by atoms with E-state index in [0.29, 0.717) is 13.2 Å². The first-order valence-corrected chi connectivity index (χ1v) is 32.1. The van der Waals surface area contributed by atoms with Crippen LogP contribution < -0.4 is 9.47 Å². The molecule has 0 amide bonds. The topological polar surface area (TPSA) is 137 Å². The quantitative estimate of drug-likeness (QED) is 0.0679. The summed E-state index contributed by atoms with van der Waals surface area (Å²) >= 11 is 0. The molecule has 0 saturated heterocycles. The lowest BCUT2D eigenvalue weighted by Crippen LogP contribution is -2.02. The van der Waals surface area contributed by atoms with E-state index >= 15 is 0 Å². The van der Waals surface area contributed by atoms with Crippen molar-refractivity contribution >= 4 is 68.2 Å². The summed E-state index contributed by atoms with van der Waals surface area (Å²) in [4.78, 5) is 38.3. The van der Waals surface area contributed by atoms with Crippen molar-refractivity contribution in [3.8, 4) is 89.6 Å². The number of H-pyrrole nitrogens is 2. The molecule has 0 saturated carbocycles. The molecule has 92 heavy (non-hydrogen) atoms. The molecule has 13 aromatic rings. The van der Waals surface area contributed by atoms with Gasteiger partial charge in [-0.05, 0) is 144 Å². The molecule has 12 heteroatoms. The fourth-order valence-electron chi connectivity index (χ4n) is 13.2. The minimum atomic E-state index is 0.574. The normalized spacial score (nSPS) is 12.1. The molecule has 0 fully saturated rings. The van der Waals surface area contributed by atoms with Crippen LogP contribution >= 0.6 is 0 Å². The summed E-state index contributed by atoms with van der Waals surface area (Å²) in [6.07, 6.45) is 28.4. The van der Waals surface area contributed by atoms with Crippen LogP contribution in [-0.2, 0) is 13.1 Å². The number of fused-ring (bicyclic) bond motifs is 2. The smallest absolute Gasteiger partial charge is 0.123 e. The van der Waals surface area contributed by atoms with Gasteiger partial charge in [0.25, 0.3) is 0 Å². The number of hydrogen-bond donors (Lipinski definition) is 2. The summed E-state index contributed by atoms with van der Waals surface area (Å²) in [5.41, 5.74) is 22.6. The molecular formula is C80H66N10O2. The molecule has 0 aliphatic carbocycles. The van der Waals surface area contributed by atoms with Gasteiger partial charge in [0.05, 0.1) is 71.1 Å². The molecule has 18 bridgehead atoms. The van der Waals surface area contributed by atoms with Gasteiger partial charge in [0.1, 0.15) is 11.5 Å². The standard InChI is InChI=1S/C80H66N10O2/c1(9-41-89-43-39-81-51-89)3-11-45-91-62-47-59(48-63(50-62)92-46-12-4-2-10-42-90-44-40-82-52-90)76-70-35-37-74(85-70)77-66-15-7-5-13-64(66)53-17-21-55(22-18-53)68-31-27-57-25-26-58-28-32-69(88-80(58)79(57)87-68)56-23-19-54(20-24-56)65-14-6-8-16-67(65)78(75-38-36-71(76)86-75)73-34-30-61(84-73)49-60-29-33-72(77)83-60/h5-8,13-40,43-44,47-52,83,86H,1-4,9-12,41-42,45-46H2. The number of benzene rings is 6. The zero-order valence-corrected chi connectivity index (χ0v) is 51.0. The van der Waals surface area contributed by atoms with Gasteiger partial charge in [0.2, 0.25) is 0 Å². The van der Waals surface area contributed by atoms with Crippen LogP contribution in [0.5, 0.6) is 11.5 Å². The largest absolute Gasteiger partial charge is 0.493 e. The number of imidazole rings is 2. The van der Waals surface area contributed by atoms with E-state index in [1.165, 1.54) is 0 Å². The van der Waals surface area contributed by atoms with Crippen LogP contribution in [0.15, 0.2) is 219 Å².